The maximum Gasteiger partial charge on any atom is 0.290 e. The second kappa shape index (κ2) is 14.6. The zero-order valence-corrected chi connectivity index (χ0v) is 31.5. The van der Waals surface area contributed by atoms with Gasteiger partial charge in [0.15, 0.2) is 16.6 Å². The Balaban J connectivity index is 1.38. The Morgan fingerprint density at radius 1 is 1.07 bits per heavy atom. The van der Waals surface area contributed by atoms with Crippen LogP contribution >= 0.6 is 23.3 Å². The van der Waals surface area contributed by atoms with Crippen molar-refractivity contribution in [1.29, 1.82) is 0 Å². The number of thiazole rings is 1. The molecule has 0 saturated heterocycles. The number of pyridine rings is 1. The molecule has 55 heavy (non-hydrogen) atoms. The van der Waals surface area contributed by atoms with Crippen LogP contribution < -0.4 is 15.4 Å². The quantitative estimate of drug-likeness (QED) is 0.0686. The lowest BCUT2D eigenvalue weighted by atomic mass is 9.94. The second-order valence-electron chi connectivity index (χ2n) is 13.9. The molecule has 4 aromatic heterocycles. The van der Waals surface area contributed by atoms with Gasteiger partial charge in [0.1, 0.15) is 29.6 Å². The number of para-hydroxylation sites is 1. The van der Waals surface area contributed by atoms with E-state index in [1.54, 1.807) is 25.6 Å². The molecule has 4 heterocycles. The van der Waals surface area contributed by atoms with Gasteiger partial charge in [-0.1, -0.05) is 35.4 Å². The number of anilines is 2. The fourth-order valence-electron chi connectivity index (χ4n) is 6.87. The fourth-order valence-corrected chi connectivity index (χ4v) is 8.06. The third-order valence-electron chi connectivity index (χ3n) is 9.08. The number of aryl methyl sites for hydroxylation is 1. The predicted octanol–water partition coefficient (Wildman–Crippen LogP) is 7.67. The van der Waals surface area contributed by atoms with Gasteiger partial charge < -0.3 is 20.5 Å². The van der Waals surface area contributed by atoms with Gasteiger partial charge in [0.05, 0.1) is 27.6 Å². The van der Waals surface area contributed by atoms with E-state index in [2.05, 4.69) is 30.5 Å². The third-order valence-corrected chi connectivity index (χ3v) is 10.4. The Morgan fingerprint density at radius 2 is 1.82 bits per heavy atom. The van der Waals surface area contributed by atoms with Crippen LogP contribution in [0.3, 0.4) is 0 Å². The highest BCUT2D eigenvalue weighted by Gasteiger charge is 2.46. The number of rotatable bonds is 13. The van der Waals surface area contributed by atoms with Crippen LogP contribution in [0.1, 0.15) is 60.9 Å². The first-order chi connectivity index (χ1) is 26.0. The summed E-state index contributed by atoms with van der Waals surface area (Å²) in [5, 5.41) is 25.8. The zero-order valence-electron chi connectivity index (χ0n) is 29.9. The van der Waals surface area contributed by atoms with E-state index in [1.807, 2.05) is 30.5 Å². The average molecular weight is 804 g/mol. The highest BCUT2D eigenvalue weighted by Crippen LogP contribution is 2.45. The van der Waals surface area contributed by atoms with Crippen molar-refractivity contribution in [2.45, 2.75) is 63.6 Å². The highest BCUT2D eigenvalue weighted by atomic mass is 32.2. The van der Waals surface area contributed by atoms with Crippen molar-refractivity contribution in [3.8, 4) is 11.1 Å². The Hall–Kier alpha value is -4.88. The van der Waals surface area contributed by atoms with E-state index in [4.69, 9.17) is 4.98 Å². The zero-order chi connectivity index (χ0) is 39.4. The number of benzene rings is 2. The number of alkyl halides is 4. The summed E-state index contributed by atoms with van der Waals surface area (Å²) < 4.78 is 92.9. The summed E-state index contributed by atoms with van der Waals surface area (Å²) >= 11 is 2.62. The van der Waals surface area contributed by atoms with Crippen molar-refractivity contribution in [2.24, 2.45) is 7.05 Å². The first-order valence-corrected chi connectivity index (χ1v) is 19.1. The number of nitrogens with one attached hydrogen (secondary N) is 3. The van der Waals surface area contributed by atoms with Crippen LogP contribution in [0.25, 0.3) is 32.4 Å². The Morgan fingerprint density at radius 3 is 2.51 bits per heavy atom. The fraction of sp³-hybridized carbons (Fsp3) is 0.361. The van der Waals surface area contributed by atoms with Gasteiger partial charge in [-0.05, 0) is 56.5 Å². The second-order valence-corrected chi connectivity index (χ2v) is 15.5. The number of carbonyl (C=O) groups excluding carboxylic acids is 1. The summed E-state index contributed by atoms with van der Waals surface area (Å²) in [5.41, 5.74) is -0.507. The SMILES string of the molecule is CSNc1nn(C)c2c(-c3cc4sc(NCC(C)(C)O)nc4nc3C(Cc3cc(F)cc(F)c3)NC(=O)Cn3nc(C(F)F)c4c3C(F)(F)CC4)cccc12. The van der Waals surface area contributed by atoms with Crippen LogP contribution in [0.15, 0.2) is 42.5 Å². The van der Waals surface area contributed by atoms with E-state index in [-0.39, 0.29) is 41.9 Å². The summed E-state index contributed by atoms with van der Waals surface area (Å²) in [6.07, 6.45) is -2.53. The molecule has 1 amide bonds. The molecule has 0 aliphatic heterocycles. The minimum Gasteiger partial charge on any atom is -0.389 e. The maximum atomic E-state index is 15.0. The Labute approximate surface area is 318 Å². The van der Waals surface area contributed by atoms with Crippen LogP contribution in [0.2, 0.25) is 0 Å². The summed E-state index contributed by atoms with van der Waals surface area (Å²) in [5.74, 6) is -5.52. The van der Waals surface area contributed by atoms with Gasteiger partial charge >= 0.3 is 0 Å². The van der Waals surface area contributed by atoms with Crippen molar-refractivity contribution in [3.63, 3.8) is 0 Å². The lowest BCUT2D eigenvalue weighted by Crippen LogP contribution is -2.35. The normalized spacial score (nSPS) is 14.5. The summed E-state index contributed by atoms with van der Waals surface area (Å²) in [7, 11) is 1.76. The van der Waals surface area contributed by atoms with E-state index in [0.29, 0.717) is 43.0 Å². The van der Waals surface area contributed by atoms with E-state index in [0.717, 1.165) is 17.5 Å². The Kier molecular flexibility index (Phi) is 10.2. The van der Waals surface area contributed by atoms with Gasteiger partial charge in [0, 0.05) is 54.4 Å². The lowest BCUT2D eigenvalue weighted by molar-refractivity contribution is -0.122. The minimum atomic E-state index is -3.48. The van der Waals surface area contributed by atoms with Gasteiger partial charge in [-0.3, -0.25) is 14.2 Å². The number of fused-ring (bicyclic) bond motifs is 3. The molecule has 6 aromatic rings. The van der Waals surface area contributed by atoms with Crippen LogP contribution in [0, 0.1) is 11.6 Å². The molecule has 0 spiro atoms. The summed E-state index contributed by atoms with van der Waals surface area (Å²) in [6, 6.07) is 9.06. The molecule has 0 radical (unpaired) electrons. The molecule has 19 heteroatoms. The number of amides is 1. The third kappa shape index (κ3) is 7.82. The summed E-state index contributed by atoms with van der Waals surface area (Å²) in [6.45, 7) is 2.58. The first kappa shape index (κ1) is 38.4. The molecule has 7 rings (SSSR count). The molecule has 290 valence electrons. The molecule has 1 aliphatic rings. The van der Waals surface area contributed by atoms with Gasteiger partial charge in [-0.2, -0.15) is 19.0 Å². The van der Waals surface area contributed by atoms with E-state index in [1.165, 1.54) is 23.3 Å². The largest absolute Gasteiger partial charge is 0.389 e. The summed E-state index contributed by atoms with van der Waals surface area (Å²) in [4.78, 5) is 23.4. The molecular weight excluding hydrogens is 769 g/mol. The number of aromatic nitrogens is 6. The van der Waals surface area contributed by atoms with Crippen molar-refractivity contribution >= 4 is 61.4 Å². The van der Waals surface area contributed by atoms with E-state index < -0.39 is 65.9 Å². The molecular formula is C36H35F6N9O2S2. The van der Waals surface area contributed by atoms with Crippen LogP contribution in [0.4, 0.5) is 37.3 Å². The Bertz CT molecular complexity index is 2400. The van der Waals surface area contributed by atoms with Crippen molar-refractivity contribution in [2.75, 3.05) is 22.8 Å². The van der Waals surface area contributed by atoms with E-state index in [9.17, 15) is 36.2 Å². The highest BCUT2D eigenvalue weighted by molar-refractivity contribution is 7.99. The molecule has 4 N–H and O–H groups in total. The van der Waals surface area contributed by atoms with Crippen LogP contribution in [-0.2, 0) is 37.2 Å². The number of nitrogens with zero attached hydrogens (tertiary/aromatic N) is 6. The molecule has 1 unspecified atom stereocenters. The van der Waals surface area contributed by atoms with Gasteiger partial charge in [-0.25, -0.2) is 27.5 Å². The van der Waals surface area contributed by atoms with Crippen molar-refractivity contribution in [1.82, 2.24) is 34.8 Å². The standard InChI is InChI=1S/C36H35F6N9O2S2/c1-35(2,53)16-43-34-46-33-25(55-34)14-23(20-6-5-7-22-29(20)50(3)48-32(22)49-54-4)27(45-33)24(12-17-10-18(37)13-19(38)11-17)44-26(52)15-51-30-21(8-9-36(30,41)42)28(47-51)31(39)40/h5-7,10-11,13-14,24,31,53H,8-9,12,15-16H2,1-4H3,(H,44,52)(H,48,49)(H,43,45,46). The van der Waals surface area contributed by atoms with Crippen LogP contribution in [-0.4, -0.2) is 58.9 Å². The number of aliphatic hydroxyl groups is 1. The van der Waals surface area contributed by atoms with Crippen LogP contribution in [0.5, 0.6) is 0 Å². The topological polar surface area (TPSA) is 135 Å². The number of carbonyl (C=O) groups is 1. The van der Waals surface area contributed by atoms with Crippen molar-refractivity contribution < 1.29 is 36.2 Å². The molecule has 0 fully saturated rings. The average Bonchev–Trinajstić information content (AvgIpc) is 3.84. The monoisotopic (exact) mass is 803 g/mol. The van der Waals surface area contributed by atoms with Gasteiger partial charge in [0.2, 0.25) is 5.91 Å². The molecule has 1 aliphatic carbocycles. The molecule has 0 bridgehead atoms. The first-order valence-electron chi connectivity index (χ1n) is 17.0. The molecule has 2 aromatic carbocycles. The number of hydrogen-bond donors (Lipinski definition) is 4. The predicted molar refractivity (Wildman–Crippen MR) is 199 cm³/mol. The maximum absolute atomic E-state index is 15.0. The lowest BCUT2D eigenvalue weighted by Gasteiger charge is -2.23. The number of halogens is 6. The smallest absolute Gasteiger partial charge is 0.290 e. The molecule has 11 nitrogen and oxygen atoms in total. The molecule has 1 atom stereocenters. The molecule has 0 saturated carbocycles. The van der Waals surface area contributed by atoms with E-state index >= 15 is 0 Å². The van der Waals surface area contributed by atoms with Gasteiger partial charge in [-0.15, -0.1) is 0 Å². The van der Waals surface area contributed by atoms with Gasteiger partial charge in [0.25, 0.3) is 12.3 Å². The van der Waals surface area contributed by atoms with Crippen molar-refractivity contribution in [3.05, 3.63) is 82.3 Å². The number of hydrogen-bond acceptors (Lipinski definition) is 10. The minimum absolute atomic E-state index is 0.137.